The maximum atomic E-state index is 12.8. The number of carbonyl (C=O) groups excluding carboxylic acids is 1. The first-order chi connectivity index (χ1) is 9.81. The number of thiophene rings is 1. The lowest BCUT2D eigenvalue weighted by atomic mass is 10.2. The summed E-state index contributed by atoms with van der Waals surface area (Å²) in [5.74, 6) is 1.05. The molecule has 0 radical (unpaired) electrons. The third-order valence-electron chi connectivity index (χ3n) is 4.11. The maximum Gasteiger partial charge on any atom is 0.264 e. The number of furan rings is 1. The van der Waals surface area contributed by atoms with Gasteiger partial charge in [-0.1, -0.05) is 0 Å². The second kappa shape index (κ2) is 4.77. The lowest BCUT2D eigenvalue weighted by Gasteiger charge is -2.20. The number of nitrogens with zero attached hydrogens (tertiary/aromatic N) is 1. The van der Waals surface area contributed by atoms with E-state index >= 15 is 0 Å². The first-order valence-electron chi connectivity index (χ1n) is 7.26. The van der Waals surface area contributed by atoms with E-state index in [9.17, 15) is 4.79 Å². The van der Waals surface area contributed by atoms with Crippen LogP contribution in [0, 0.1) is 0 Å². The molecule has 4 rings (SSSR count). The Morgan fingerprint density at radius 3 is 3.00 bits per heavy atom. The lowest BCUT2D eigenvalue weighted by Crippen LogP contribution is -2.31. The first kappa shape index (κ1) is 12.2. The van der Waals surface area contributed by atoms with E-state index in [0.29, 0.717) is 12.6 Å². The zero-order valence-corrected chi connectivity index (χ0v) is 12.1. The van der Waals surface area contributed by atoms with Gasteiger partial charge in [0.25, 0.3) is 5.91 Å². The molecule has 2 aromatic heterocycles. The summed E-state index contributed by atoms with van der Waals surface area (Å²) in [5.41, 5.74) is 1.40. The van der Waals surface area contributed by atoms with E-state index < -0.39 is 0 Å². The third kappa shape index (κ3) is 2.18. The summed E-state index contributed by atoms with van der Waals surface area (Å²) in [6.45, 7) is 0.596. The highest BCUT2D eigenvalue weighted by Gasteiger charge is 2.34. The molecule has 0 atom stereocenters. The lowest BCUT2D eigenvalue weighted by molar-refractivity contribution is 0.0722. The zero-order chi connectivity index (χ0) is 13.5. The fraction of sp³-hybridized carbons (Fsp3) is 0.438. The van der Waals surface area contributed by atoms with Crippen molar-refractivity contribution in [1.29, 1.82) is 0 Å². The van der Waals surface area contributed by atoms with E-state index in [1.807, 2.05) is 17.0 Å². The summed E-state index contributed by atoms with van der Waals surface area (Å²) in [7, 11) is 0. The van der Waals surface area contributed by atoms with Crippen LogP contribution in [0.1, 0.15) is 45.1 Å². The molecule has 20 heavy (non-hydrogen) atoms. The number of carbonyl (C=O) groups is 1. The molecule has 0 unspecified atom stereocenters. The Morgan fingerprint density at radius 2 is 2.30 bits per heavy atom. The molecule has 0 saturated heterocycles. The highest BCUT2D eigenvalue weighted by atomic mass is 32.1. The molecule has 0 aromatic carbocycles. The molecule has 4 heteroatoms. The van der Waals surface area contributed by atoms with Crippen molar-refractivity contribution in [1.82, 2.24) is 4.90 Å². The molecule has 0 N–H and O–H groups in total. The Hall–Kier alpha value is -1.55. The number of rotatable bonds is 4. The Labute approximate surface area is 122 Å². The molecule has 0 bridgehead atoms. The number of hydrogen-bond donors (Lipinski definition) is 0. The van der Waals surface area contributed by atoms with Crippen LogP contribution in [0.25, 0.3) is 0 Å². The molecule has 0 aliphatic heterocycles. The van der Waals surface area contributed by atoms with E-state index in [1.54, 1.807) is 17.6 Å². The summed E-state index contributed by atoms with van der Waals surface area (Å²) in [6, 6.07) is 6.35. The molecule has 1 fully saturated rings. The van der Waals surface area contributed by atoms with Gasteiger partial charge in [0.15, 0.2) is 0 Å². The molecule has 1 amide bonds. The number of amides is 1. The Kier molecular flexibility index (Phi) is 2.91. The highest BCUT2D eigenvalue weighted by molar-refractivity contribution is 7.14. The molecule has 2 aliphatic rings. The summed E-state index contributed by atoms with van der Waals surface area (Å²) in [5, 5.41) is 0. The predicted octanol–water partition coefficient (Wildman–Crippen LogP) is 3.63. The van der Waals surface area contributed by atoms with Gasteiger partial charge in [0.2, 0.25) is 0 Å². The fourth-order valence-corrected chi connectivity index (χ4v) is 4.11. The SMILES string of the molecule is O=C(c1cc2c(s1)CCC2)N(Cc1ccco1)C1CC1. The molecule has 2 aromatic rings. The summed E-state index contributed by atoms with van der Waals surface area (Å²) in [6.07, 6.45) is 7.45. The van der Waals surface area contributed by atoms with E-state index in [0.717, 1.165) is 36.3 Å². The largest absolute Gasteiger partial charge is 0.467 e. The molecular weight excluding hydrogens is 270 g/mol. The van der Waals surface area contributed by atoms with Gasteiger partial charge in [0, 0.05) is 10.9 Å². The van der Waals surface area contributed by atoms with Gasteiger partial charge in [-0.25, -0.2) is 0 Å². The van der Waals surface area contributed by atoms with Crippen molar-refractivity contribution in [3.63, 3.8) is 0 Å². The normalized spacial score (nSPS) is 17.2. The van der Waals surface area contributed by atoms with Crippen LogP contribution in [0.4, 0.5) is 0 Å². The quantitative estimate of drug-likeness (QED) is 0.860. The Morgan fingerprint density at radius 1 is 1.40 bits per heavy atom. The molecule has 1 saturated carbocycles. The zero-order valence-electron chi connectivity index (χ0n) is 11.3. The minimum absolute atomic E-state index is 0.184. The average molecular weight is 287 g/mol. The van der Waals surface area contributed by atoms with Crippen LogP contribution in [0.15, 0.2) is 28.9 Å². The van der Waals surface area contributed by atoms with Gasteiger partial charge in [-0.05, 0) is 55.9 Å². The minimum atomic E-state index is 0.184. The molecule has 3 nitrogen and oxygen atoms in total. The van der Waals surface area contributed by atoms with Crippen molar-refractivity contribution in [3.8, 4) is 0 Å². The topological polar surface area (TPSA) is 33.5 Å². The summed E-state index contributed by atoms with van der Waals surface area (Å²) >= 11 is 1.69. The molecule has 104 valence electrons. The average Bonchev–Trinajstić information content (AvgIpc) is 2.87. The number of fused-ring (bicyclic) bond motifs is 1. The molecule has 2 heterocycles. The monoisotopic (exact) mass is 287 g/mol. The van der Waals surface area contributed by atoms with Gasteiger partial charge >= 0.3 is 0 Å². The van der Waals surface area contributed by atoms with Gasteiger partial charge < -0.3 is 9.32 Å². The van der Waals surface area contributed by atoms with Crippen molar-refractivity contribution < 1.29 is 9.21 Å². The second-order valence-electron chi connectivity index (χ2n) is 5.66. The van der Waals surface area contributed by atoms with Gasteiger partial charge in [-0.3, -0.25) is 4.79 Å². The van der Waals surface area contributed by atoms with Crippen LogP contribution < -0.4 is 0 Å². The van der Waals surface area contributed by atoms with Gasteiger partial charge in [0.05, 0.1) is 17.7 Å². The summed E-state index contributed by atoms with van der Waals surface area (Å²) < 4.78 is 5.40. The van der Waals surface area contributed by atoms with E-state index in [1.165, 1.54) is 16.9 Å². The van der Waals surface area contributed by atoms with E-state index in [-0.39, 0.29) is 5.91 Å². The van der Waals surface area contributed by atoms with Crippen LogP contribution in [-0.4, -0.2) is 16.8 Å². The third-order valence-corrected chi connectivity index (χ3v) is 5.34. The van der Waals surface area contributed by atoms with Crippen LogP contribution >= 0.6 is 11.3 Å². The maximum absolute atomic E-state index is 12.8. The van der Waals surface area contributed by atoms with Crippen LogP contribution in [0.2, 0.25) is 0 Å². The van der Waals surface area contributed by atoms with Crippen LogP contribution in [-0.2, 0) is 19.4 Å². The van der Waals surface area contributed by atoms with Crippen molar-refractivity contribution in [2.75, 3.05) is 0 Å². The van der Waals surface area contributed by atoms with Gasteiger partial charge in [-0.15, -0.1) is 11.3 Å². The van der Waals surface area contributed by atoms with Crippen molar-refractivity contribution >= 4 is 17.2 Å². The molecular formula is C16H17NO2S. The summed E-state index contributed by atoms with van der Waals surface area (Å²) in [4.78, 5) is 17.1. The first-order valence-corrected chi connectivity index (χ1v) is 8.08. The fourth-order valence-electron chi connectivity index (χ4n) is 2.90. The molecule has 0 spiro atoms. The standard InChI is InChI=1S/C16H17NO2S/c18-16(15-9-11-3-1-5-14(11)20-15)17(12-6-7-12)10-13-4-2-8-19-13/h2,4,8-9,12H,1,3,5-7,10H2. The second-order valence-corrected chi connectivity index (χ2v) is 6.79. The number of hydrogen-bond acceptors (Lipinski definition) is 3. The predicted molar refractivity (Wildman–Crippen MR) is 77.9 cm³/mol. The van der Waals surface area contributed by atoms with Gasteiger partial charge in [-0.2, -0.15) is 0 Å². The number of aryl methyl sites for hydroxylation is 2. The highest BCUT2D eigenvalue weighted by Crippen LogP contribution is 2.34. The molecule has 2 aliphatic carbocycles. The van der Waals surface area contributed by atoms with Crippen LogP contribution in [0.5, 0.6) is 0 Å². The minimum Gasteiger partial charge on any atom is -0.467 e. The van der Waals surface area contributed by atoms with Crippen molar-refractivity contribution in [2.45, 2.75) is 44.7 Å². The van der Waals surface area contributed by atoms with Crippen molar-refractivity contribution in [3.05, 3.63) is 45.5 Å². The Bertz CT molecular complexity index is 603. The van der Waals surface area contributed by atoms with Crippen molar-refractivity contribution in [2.24, 2.45) is 0 Å². The van der Waals surface area contributed by atoms with E-state index in [4.69, 9.17) is 4.42 Å². The Balaban J connectivity index is 1.57. The van der Waals surface area contributed by atoms with Gasteiger partial charge in [0.1, 0.15) is 5.76 Å². The smallest absolute Gasteiger partial charge is 0.264 e. The van der Waals surface area contributed by atoms with Crippen LogP contribution in [0.3, 0.4) is 0 Å². The van der Waals surface area contributed by atoms with E-state index in [2.05, 4.69) is 6.07 Å².